The number of halogens is 2. The van der Waals surface area contributed by atoms with Gasteiger partial charge in [-0.2, -0.15) is 0 Å². The third kappa shape index (κ3) is 1.59. The van der Waals surface area contributed by atoms with Crippen LogP contribution >= 0.6 is 15.9 Å². The summed E-state index contributed by atoms with van der Waals surface area (Å²) in [5, 5.41) is 0. The first-order chi connectivity index (χ1) is 6.43. The minimum absolute atomic E-state index is 0.405. The summed E-state index contributed by atoms with van der Waals surface area (Å²) in [5.41, 5.74) is 5.56. The zero-order valence-electron chi connectivity index (χ0n) is 8.06. The van der Waals surface area contributed by atoms with Gasteiger partial charge in [-0.05, 0) is 18.6 Å². The number of alkyl halides is 1. The van der Waals surface area contributed by atoms with Gasteiger partial charge in [0.2, 0.25) is 0 Å². The molecule has 0 spiro atoms. The maximum absolute atomic E-state index is 13.4. The van der Waals surface area contributed by atoms with Gasteiger partial charge in [0.15, 0.2) is 0 Å². The van der Waals surface area contributed by atoms with E-state index < -0.39 is 11.2 Å². The van der Waals surface area contributed by atoms with E-state index >= 15 is 0 Å². The van der Waals surface area contributed by atoms with Gasteiger partial charge in [-0.15, -0.1) is 0 Å². The number of benzene rings is 1. The van der Waals surface area contributed by atoms with Crippen LogP contribution in [0.15, 0.2) is 28.7 Å². The monoisotopic (exact) mass is 257 g/mol. The number of hydrogen-bond acceptors (Lipinski definition) is 1. The van der Waals surface area contributed by atoms with Crippen LogP contribution in [0.2, 0.25) is 0 Å². The highest BCUT2D eigenvalue weighted by molar-refractivity contribution is 9.10. The molecular weight excluding hydrogens is 245 g/mol. The van der Waals surface area contributed by atoms with Gasteiger partial charge < -0.3 is 5.73 Å². The summed E-state index contributed by atoms with van der Waals surface area (Å²) in [7, 11) is 0. The fraction of sp³-hybridized carbons (Fsp3) is 0.455. The molecule has 2 N–H and O–H groups in total. The van der Waals surface area contributed by atoms with Gasteiger partial charge in [-0.1, -0.05) is 34.1 Å². The summed E-state index contributed by atoms with van der Waals surface area (Å²) in [5.74, 6) is 0. The first-order valence-corrected chi connectivity index (χ1v) is 5.45. The summed E-state index contributed by atoms with van der Waals surface area (Å²) in [6.45, 7) is 1.61. The van der Waals surface area contributed by atoms with Crippen LogP contribution < -0.4 is 5.73 Å². The molecule has 1 fully saturated rings. The molecule has 2 rings (SSSR count). The van der Waals surface area contributed by atoms with Crippen molar-refractivity contribution in [2.75, 3.05) is 0 Å². The Kier molecular flexibility index (Phi) is 2.20. The Morgan fingerprint density at radius 3 is 2.43 bits per heavy atom. The van der Waals surface area contributed by atoms with Gasteiger partial charge in [0, 0.05) is 22.9 Å². The van der Waals surface area contributed by atoms with E-state index in [1.807, 2.05) is 24.3 Å². The molecule has 0 unspecified atom stereocenters. The SMILES string of the molecule is CC1(F)CC(N)(c2ccccc2Br)C1. The van der Waals surface area contributed by atoms with Crippen molar-refractivity contribution < 1.29 is 4.39 Å². The summed E-state index contributed by atoms with van der Waals surface area (Å²) in [6, 6.07) is 7.77. The molecule has 76 valence electrons. The van der Waals surface area contributed by atoms with E-state index in [4.69, 9.17) is 5.73 Å². The van der Waals surface area contributed by atoms with E-state index in [9.17, 15) is 4.39 Å². The molecule has 0 atom stereocenters. The smallest absolute Gasteiger partial charge is 0.112 e. The fourth-order valence-corrected chi connectivity index (χ4v) is 3.00. The van der Waals surface area contributed by atoms with E-state index in [0.717, 1.165) is 10.0 Å². The van der Waals surface area contributed by atoms with Gasteiger partial charge in [-0.25, -0.2) is 4.39 Å². The molecular formula is C11H13BrFN. The van der Waals surface area contributed by atoms with Crippen molar-refractivity contribution in [1.29, 1.82) is 0 Å². The first kappa shape index (κ1) is 10.1. The Morgan fingerprint density at radius 1 is 1.36 bits per heavy atom. The lowest BCUT2D eigenvalue weighted by atomic mass is 9.64. The second-order valence-corrected chi connectivity index (χ2v) is 5.26. The third-order valence-corrected chi connectivity index (χ3v) is 3.47. The fourth-order valence-electron chi connectivity index (χ4n) is 2.32. The van der Waals surface area contributed by atoms with Crippen LogP contribution in [0.5, 0.6) is 0 Å². The number of nitrogens with two attached hydrogens (primary N) is 1. The Labute approximate surface area is 91.6 Å². The molecule has 0 heterocycles. The van der Waals surface area contributed by atoms with E-state index in [0.29, 0.717) is 12.8 Å². The zero-order valence-corrected chi connectivity index (χ0v) is 9.64. The maximum atomic E-state index is 13.4. The quantitative estimate of drug-likeness (QED) is 0.822. The molecule has 1 aliphatic carbocycles. The van der Waals surface area contributed by atoms with E-state index in [1.54, 1.807) is 6.92 Å². The average Bonchev–Trinajstić information content (AvgIpc) is 2.00. The van der Waals surface area contributed by atoms with Crippen molar-refractivity contribution in [3.8, 4) is 0 Å². The van der Waals surface area contributed by atoms with Gasteiger partial charge in [-0.3, -0.25) is 0 Å². The average molecular weight is 258 g/mol. The Bertz CT molecular complexity index is 354. The molecule has 0 saturated heterocycles. The van der Waals surface area contributed by atoms with Crippen LogP contribution in [0.3, 0.4) is 0 Å². The van der Waals surface area contributed by atoms with E-state index in [1.165, 1.54) is 0 Å². The lowest BCUT2D eigenvalue weighted by molar-refractivity contribution is 0.000958. The highest BCUT2D eigenvalue weighted by Gasteiger charge is 2.51. The van der Waals surface area contributed by atoms with Crippen molar-refractivity contribution in [2.24, 2.45) is 5.73 Å². The lowest BCUT2D eigenvalue weighted by Gasteiger charge is -2.48. The molecule has 1 saturated carbocycles. The molecule has 1 aromatic rings. The zero-order chi connectivity index (χ0) is 10.4. The summed E-state index contributed by atoms with van der Waals surface area (Å²) < 4.78 is 14.4. The van der Waals surface area contributed by atoms with Crippen molar-refractivity contribution in [2.45, 2.75) is 31.0 Å². The van der Waals surface area contributed by atoms with Crippen LogP contribution in [-0.4, -0.2) is 5.67 Å². The molecule has 0 aromatic heterocycles. The van der Waals surface area contributed by atoms with E-state index in [2.05, 4.69) is 15.9 Å². The highest BCUT2D eigenvalue weighted by Crippen LogP contribution is 2.50. The highest BCUT2D eigenvalue weighted by atomic mass is 79.9. The predicted octanol–water partition coefficient (Wildman–Crippen LogP) is 3.13. The third-order valence-electron chi connectivity index (χ3n) is 2.78. The van der Waals surface area contributed by atoms with Gasteiger partial charge in [0.25, 0.3) is 0 Å². The minimum Gasteiger partial charge on any atom is -0.321 e. The Hall–Kier alpha value is -0.410. The largest absolute Gasteiger partial charge is 0.321 e. The molecule has 0 aliphatic heterocycles. The van der Waals surface area contributed by atoms with Crippen LogP contribution in [-0.2, 0) is 5.54 Å². The lowest BCUT2D eigenvalue weighted by Crippen LogP contribution is -2.56. The van der Waals surface area contributed by atoms with E-state index in [-0.39, 0.29) is 0 Å². The summed E-state index contributed by atoms with van der Waals surface area (Å²) in [4.78, 5) is 0. The second-order valence-electron chi connectivity index (χ2n) is 4.40. The molecule has 14 heavy (non-hydrogen) atoms. The van der Waals surface area contributed by atoms with Crippen LogP contribution in [0.25, 0.3) is 0 Å². The molecule has 0 bridgehead atoms. The van der Waals surface area contributed by atoms with Gasteiger partial charge >= 0.3 is 0 Å². The normalized spacial score (nSPS) is 36.6. The van der Waals surface area contributed by atoms with Crippen molar-refractivity contribution in [3.63, 3.8) is 0 Å². The topological polar surface area (TPSA) is 26.0 Å². The molecule has 0 radical (unpaired) electrons. The van der Waals surface area contributed by atoms with Crippen molar-refractivity contribution in [3.05, 3.63) is 34.3 Å². The number of rotatable bonds is 1. The number of hydrogen-bond donors (Lipinski definition) is 1. The predicted molar refractivity (Wildman–Crippen MR) is 58.8 cm³/mol. The van der Waals surface area contributed by atoms with Gasteiger partial charge in [0.1, 0.15) is 5.67 Å². The van der Waals surface area contributed by atoms with Crippen molar-refractivity contribution >= 4 is 15.9 Å². The molecule has 1 aliphatic rings. The van der Waals surface area contributed by atoms with Crippen molar-refractivity contribution in [1.82, 2.24) is 0 Å². The summed E-state index contributed by atoms with van der Waals surface area (Å²) in [6.07, 6.45) is 0.811. The standard InChI is InChI=1S/C11H13BrFN/c1-10(13)6-11(14,7-10)8-4-2-3-5-9(8)12/h2-5H,6-7,14H2,1H3. The molecule has 1 nitrogen and oxygen atoms in total. The molecule has 0 amide bonds. The molecule has 3 heteroatoms. The first-order valence-electron chi connectivity index (χ1n) is 4.66. The molecule has 1 aromatic carbocycles. The summed E-state index contributed by atoms with van der Waals surface area (Å²) >= 11 is 3.44. The van der Waals surface area contributed by atoms with Gasteiger partial charge in [0.05, 0.1) is 0 Å². The van der Waals surface area contributed by atoms with Crippen LogP contribution in [0.4, 0.5) is 4.39 Å². The Morgan fingerprint density at radius 2 is 1.93 bits per heavy atom. The van der Waals surface area contributed by atoms with Crippen LogP contribution in [0.1, 0.15) is 25.3 Å². The second kappa shape index (κ2) is 3.04. The Balaban J connectivity index is 2.30. The van der Waals surface area contributed by atoms with Crippen LogP contribution in [0, 0.1) is 0 Å². The maximum Gasteiger partial charge on any atom is 0.112 e. The minimum atomic E-state index is -1.09.